The number of hydrogen-bond acceptors (Lipinski definition) is 6. The van der Waals surface area contributed by atoms with Crippen LogP contribution in [0.4, 0.5) is 11.4 Å². The van der Waals surface area contributed by atoms with Crippen LogP contribution in [0.25, 0.3) is 6.08 Å². The number of anilines is 2. The lowest BCUT2D eigenvalue weighted by Crippen LogP contribution is -2.29. The Kier molecular flexibility index (Phi) is 6.03. The summed E-state index contributed by atoms with van der Waals surface area (Å²) < 4.78 is 5.10. The van der Waals surface area contributed by atoms with Crippen molar-refractivity contribution in [3.05, 3.63) is 76.8 Å². The minimum absolute atomic E-state index is 0.269. The van der Waals surface area contributed by atoms with Crippen LogP contribution < -0.4 is 20.9 Å². The molecule has 28 heavy (non-hydrogen) atoms. The summed E-state index contributed by atoms with van der Waals surface area (Å²) in [5.41, 5.74) is 9.69. The highest BCUT2D eigenvalue weighted by Crippen LogP contribution is 2.23. The second-order valence-electron chi connectivity index (χ2n) is 5.64. The molecule has 0 aliphatic heterocycles. The van der Waals surface area contributed by atoms with E-state index in [4.69, 9.17) is 4.74 Å². The minimum Gasteiger partial charge on any atom is -0.497 e. The molecule has 7 nitrogen and oxygen atoms in total. The maximum absolute atomic E-state index is 12.5. The molecule has 0 unspecified atom stereocenters. The molecule has 0 saturated carbocycles. The average Bonchev–Trinajstić information content (AvgIpc) is 3.27. The van der Waals surface area contributed by atoms with E-state index in [1.54, 1.807) is 66.5 Å². The number of thiazole rings is 1. The fraction of sp³-hybridized carbons (Fsp3) is 0.0500. The van der Waals surface area contributed by atoms with E-state index in [1.807, 2.05) is 0 Å². The quantitative estimate of drug-likeness (QED) is 0.530. The molecule has 2 amide bonds. The molecule has 0 radical (unpaired) electrons. The van der Waals surface area contributed by atoms with Gasteiger partial charge in [0, 0.05) is 10.9 Å². The Morgan fingerprint density at radius 2 is 1.93 bits per heavy atom. The van der Waals surface area contributed by atoms with E-state index in [1.165, 1.54) is 11.3 Å². The lowest BCUT2D eigenvalue weighted by molar-refractivity contribution is 0.0957. The SMILES string of the molecule is C=Cc1ccc(NNC(=O)c2cscn2)cc1NC(=O)c1ccc(OC)cc1. The summed E-state index contributed by atoms with van der Waals surface area (Å²) in [5, 5.41) is 4.51. The summed E-state index contributed by atoms with van der Waals surface area (Å²) in [6, 6.07) is 12.1. The Morgan fingerprint density at radius 3 is 2.57 bits per heavy atom. The van der Waals surface area contributed by atoms with Crippen LogP contribution in [0.15, 0.2) is 59.9 Å². The highest BCUT2D eigenvalue weighted by Gasteiger charge is 2.11. The van der Waals surface area contributed by atoms with Gasteiger partial charge in [0.25, 0.3) is 11.8 Å². The van der Waals surface area contributed by atoms with E-state index in [2.05, 4.69) is 27.7 Å². The number of amides is 2. The van der Waals surface area contributed by atoms with Gasteiger partial charge in [-0.25, -0.2) is 4.98 Å². The second kappa shape index (κ2) is 8.83. The van der Waals surface area contributed by atoms with Crippen molar-refractivity contribution in [3.8, 4) is 5.75 Å². The number of rotatable bonds is 7. The van der Waals surface area contributed by atoms with E-state index in [0.717, 1.165) is 5.56 Å². The van der Waals surface area contributed by atoms with Gasteiger partial charge >= 0.3 is 0 Å². The van der Waals surface area contributed by atoms with E-state index < -0.39 is 0 Å². The number of ether oxygens (including phenoxy) is 1. The van der Waals surface area contributed by atoms with Crippen molar-refractivity contribution in [2.75, 3.05) is 17.9 Å². The maximum atomic E-state index is 12.5. The van der Waals surface area contributed by atoms with Crippen molar-refractivity contribution in [1.82, 2.24) is 10.4 Å². The smallest absolute Gasteiger partial charge is 0.289 e. The predicted molar refractivity (Wildman–Crippen MR) is 111 cm³/mol. The zero-order valence-electron chi connectivity index (χ0n) is 15.1. The Labute approximate surface area is 166 Å². The summed E-state index contributed by atoms with van der Waals surface area (Å²) in [7, 11) is 1.57. The molecule has 1 aromatic heterocycles. The number of nitrogens with zero attached hydrogens (tertiary/aromatic N) is 1. The average molecular weight is 394 g/mol. The highest BCUT2D eigenvalue weighted by molar-refractivity contribution is 7.07. The maximum Gasteiger partial charge on any atom is 0.289 e. The number of carbonyl (C=O) groups is 2. The van der Waals surface area contributed by atoms with Gasteiger partial charge in [0.15, 0.2) is 0 Å². The Morgan fingerprint density at radius 1 is 1.14 bits per heavy atom. The van der Waals surface area contributed by atoms with Crippen LogP contribution >= 0.6 is 11.3 Å². The molecule has 0 bridgehead atoms. The van der Waals surface area contributed by atoms with Crippen molar-refractivity contribution >= 4 is 40.6 Å². The molecule has 0 fully saturated rings. The van der Waals surface area contributed by atoms with E-state index in [-0.39, 0.29) is 11.8 Å². The van der Waals surface area contributed by atoms with Gasteiger partial charge in [0.2, 0.25) is 0 Å². The first-order chi connectivity index (χ1) is 13.6. The van der Waals surface area contributed by atoms with Crippen LogP contribution in [-0.4, -0.2) is 23.9 Å². The fourth-order valence-corrected chi connectivity index (χ4v) is 2.91. The summed E-state index contributed by atoms with van der Waals surface area (Å²) in [6.45, 7) is 3.77. The Bertz CT molecular complexity index is 985. The van der Waals surface area contributed by atoms with Crippen LogP contribution in [0, 0.1) is 0 Å². The van der Waals surface area contributed by atoms with Crippen LogP contribution in [0.1, 0.15) is 26.4 Å². The first kappa shape index (κ1) is 19.1. The molecule has 0 saturated heterocycles. The molecule has 142 valence electrons. The van der Waals surface area contributed by atoms with Gasteiger partial charge in [-0.15, -0.1) is 11.3 Å². The van der Waals surface area contributed by atoms with Gasteiger partial charge in [-0.2, -0.15) is 0 Å². The largest absolute Gasteiger partial charge is 0.497 e. The van der Waals surface area contributed by atoms with E-state index in [9.17, 15) is 9.59 Å². The molecule has 0 aliphatic rings. The number of carbonyl (C=O) groups excluding carboxylic acids is 2. The lowest BCUT2D eigenvalue weighted by Gasteiger charge is -2.13. The van der Waals surface area contributed by atoms with Crippen LogP contribution in [0.3, 0.4) is 0 Å². The highest BCUT2D eigenvalue weighted by atomic mass is 32.1. The molecular weight excluding hydrogens is 376 g/mol. The number of methoxy groups -OCH3 is 1. The third-order valence-electron chi connectivity index (χ3n) is 3.86. The van der Waals surface area contributed by atoms with Crippen molar-refractivity contribution in [2.45, 2.75) is 0 Å². The third-order valence-corrected chi connectivity index (χ3v) is 4.45. The zero-order valence-corrected chi connectivity index (χ0v) is 15.9. The lowest BCUT2D eigenvalue weighted by atomic mass is 10.1. The van der Waals surface area contributed by atoms with Crippen LogP contribution in [0.2, 0.25) is 0 Å². The fourth-order valence-electron chi connectivity index (χ4n) is 2.37. The van der Waals surface area contributed by atoms with Crippen molar-refractivity contribution in [2.24, 2.45) is 0 Å². The molecular formula is C20H18N4O3S. The number of benzene rings is 2. The van der Waals surface area contributed by atoms with Crippen LogP contribution in [-0.2, 0) is 0 Å². The van der Waals surface area contributed by atoms with Crippen molar-refractivity contribution in [1.29, 1.82) is 0 Å². The Hall–Kier alpha value is -3.65. The number of hydrogen-bond donors (Lipinski definition) is 3. The van der Waals surface area contributed by atoms with E-state index >= 15 is 0 Å². The predicted octanol–water partition coefficient (Wildman–Crippen LogP) is 3.80. The molecule has 0 atom stereocenters. The first-order valence-corrected chi connectivity index (χ1v) is 9.21. The van der Waals surface area contributed by atoms with Gasteiger partial charge in [0.1, 0.15) is 11.4 Å². The molecule has 0 spiro atoms. The van der Waals surface area contributed by atoms with Crippen molar-refractivity contribution < 1.29 is 14.3 Å². The molecule has 3 rings (SSSR count). The number of hydrazine groups is 1. The summed E-state index contributed by atoms with van der Waals surface area (Å²) in [5.74, 6) is 0.0534. The minimum atomic E-state index is -0.349. The molecule has 3 N–H and O–H groups in total. The molecule has 2 aromatic carbocycles. The number of aromatic nitrogens is 1. The summed E-state index contributed by atoms with van der Waals surface area (Å²) in [6.07, 6.45) is 1.64. The molecule has 8 heteroatoms. The topological polar surface area (TPSA) is 92.4 Å². The molecule has 1 heterocycles. The van der Waals surface area contributed by atoms with Crippen LogP contribution in [0.5, 0.6) is 5.75 Å². The second-order valence-corrected chi connectivity index (χ2v) is 6.36. The van der Waals surface area contributed by atoms with Gasteiger partial charge in [-0.1, -0.05) is 18.7 Å². The monoisotopic (exact) mass is 394 g/mol. The van der Waals surface area contributed by atoms with Crippen molar-refractivity contribution in [3.63, 3.8) is 0 Å². The Balaban J connectivity index is 1.72. The normalized spacial score (nSPS) is 10.0. The van der Waals surface area contributed by atoms with Gasteiger partial charge in [-0.3, -0.25) is 20.4 Å². The number of nitrogens with one attached hydrogen (secondary N) is 3. The summed E-state index contributed by atoms with van der Waals surface area (Å²) >= 11 is 1.34. The molecule has 0 aliphatic carbocycles. The first-order valence-electron chi connectivity index (χ1n) is 8.27. The van der Waals surface area contributed by atoms with Gasteiger partial charge < -0.3 is 10.1 Å². The summed E-state index contributed by atoms with van der Waals surface area (Å²) in [4.78, 5) is 28.5. The third kappa shape index (κ3) is 4.54. The standard InChI is InChI=1S/C20H18N4O3S/c1-3-13-4-7-15(23-24-20(26)18-11-28-12-21-18)10-17(13)22-19(25)14-5-8-16(27-2)9-6-14/h3-12,23H,1H2,2H3,(H,22,25)(H,24,26). The van der Waals surface area contributed by atoms with Gasteiger partial charge in [0.05, 0.1) is 24.0 Å². The molecule has 3 aromatic rings. The van der Waals surface area contributed by atoms with E-state index in [0.29, 0.717) is 28.4 Å². The van der Waals surface area contributed by atoms with Gasteiger partial charge in [-0.05, 0) is 42.0 Å². The zero-order chi connectivity index (χ0) is 19.9.